The third-order valence-electron chi connectivity index (χ3n) is 2.03. The standard InChI is InChI=1S/C9H13BFNO3/c1-3-6(2)15-9-4-7(10(13)14)8(11)5-12-9/h4-6,13-14H,3H2,1-2H3. The zero-order chi connectivity index (χ0) is 11.4. The van der Waals surface area contributed by atoms with Gasteiger partial charge in [0.1, 0.15) is 5.82 Å². The smallest absolute Gasteiger partial charge is 0.475 e. The predicted octanol–water partition coefficient (Wildman–Crippen LogP) is 0.0778. The Morgan fingerprint density at radius 3 is 2.80 bits per heavy atom. The lowest BCUT2D eigenvalue weighted by molar-refractivity contribution is 0.208. The minimum Gasteiger partial charge on any atom is -0.475 e. The van der Waals surface area contributed by atoms with Crippen molar-refractivity contribution in [3.05, 3.63) is 18.1 Å². The van der Waals surface area contributed by atoms with Gasteiger partial charge in [0.25, 0.3) is 0 Å². The third kappa shape index (κ3) is 3.18. The SMILES string of the molecule is CCC(C)Oc1cc(B(O)O)c(F)cn1. The van der Waals surface area contributed by atoms with Gasteiger partial charge in [-0.05, 0) is 13.3 Å². The van der Waals surface area contributed by atoms with Crippen LogP contribution in [0.5, 0.6) is 5.88 Å². The summed E-state index contributed by atoms with van der Waals surface area (Å²) in [5.41, 5.74) is -0.233. The van der Waals surface area contributed by atoms with Crippen LogP contribution in [-0.2, 0) is 0 Å². The summed E-state index contributed by atoms with van der Waals surface area (Å²) in [6.07, 6.45) is 1.65. The van der Waals surface area contributed by atoms with E-state index in [2.05, 4.69) is 4.98 Å². The van der Waals surface area contributed by atoms with Crippen LogP contribution in [0.3, 0.4) is 0 Å². The van der Waals surface area contributed by atoms with Gasteiger partial charge in [-0.2, -0.15) is 0 Å². The Hall–Kier alpha value is -1.14. The topological polar surface area (TPSA) is 62.6 Å². The van der Waals surface area contributed by atoms with E-state index in [9.17, 15) is 4.39 Å². The Bertz CT molecular complexity index is 335. The summed E-state index contributed by atoms with van der Waals surface area (Å²) in [6.45, 7) is 3.79. The van der Waals surface area contributed by atoms with E-state index in [0.717, 1.165) is 12.6 Å². The monoisotopic (exact) mass is 213 g/mol. The molecule has 1 heterocycles. The third-order valence-corrected chi connectivity index (χ3v) is 2.03. The first kappa shape index (κ1) is 11.9. The second-order valence-electron chi connectivity index (χ2n) is 3.25. The number of nitrogens with zero attached hydrogens (tertiary/aromatic N) is 1. The summed E-state index contributed by atoms with van der Waals surface area (Å²) in [5, 5.41) is 17.7. The number of ether oxygens (including phenoxy) is 1. The quantitative estimate of drug-likeness (QED) is 0.695. The minimum atomic E-state index is -1.85. The summed E-state index contributed by atoms with van der Waals surface area (Å²) < 4.78 is 18.3. The molecule has 1 unspecified atom stereocenters. The van der Waals surface area contributed by atoms with E-state index in [0.29, 0.717) is 0 Å². The van der Waals surface area contributed by atoms with Gasteiger partial charge in [-0.1, -0.05) is 6.92 Å². The Morgan fingerprint density at radius 2 is 2.27 bits per heavy atom. The Kier molecular flexibility index (Phi) is 4.05. The molecular weight excluding hydrogens is 200 g/mol. The van der Waals surface area contributed by atoms with E-state index in [-0.39, 0.29) is 17.4 Å². The molecule has 15 heavy (non-hydrogen) atoms. The van der Waals surface area contributed by atoms with Crippen molar-refractivity contribution in [2.24, 2.45) is 0 Å². The highest BCUT2D eigenvalue weighted by Crippen LogP contribution is 2.09. The molecular formula is C9H13BFNO3. The zero-order valence-electron chi connectivity index (χ0n) is 8.64. The largest absolute Gasteiger partial charge is 0.491 e. The van der Waals surface area contributed by atoms with Gasteiger partial charge in [0.05, 0.1) is 12.3 Å². The molecule has 0 aliphatic carbocycles. The maximum absolute atomic E-state index is 13.0. The second kappa shape index (κ2) is 5.09. The van der Waals surface area contributed by atoms with Crippen LogP contribution in [0, 0.1) is 5.82 Å². The van der Waals surface area contributed by atoms with E-state index < -0.39 is 12.9 Å². The van der Waals surface area contributed by atoms with Crippen LogP contribution in [-0.4, -0.2) is 28.3 Å². The summed E-state index contributed by atoms with van der Waals surface area (Å²) in [5.74, 6) is -0.574. The molecule has 0 aliphatic rings. The summed E-state index contributed by atoms with van der Waals surface area (Å²) in [6, 6.07) is 1.19. The first-order chi connectivity index (χ1) is 7.04. The molecule has 4 nitrogen and oxygen atoms in total. The van der Waals surface area contributed by atoms with Crippen molar-refractivity contribution >= 4 is 12.6 Å². The van der Waals surface area contributed by atoms with Crippen molar-refractivity contribution in [1.82, 2.24) is 4.98 Å². The van der Waals surface area contributed by atoms with Crippen LogP contribution >= 0.6 is 0 Å². The van der Waals surface area contributed by atoms with Gasteiger partial charge in [-0.15, -0.1) is 0 Å². The van der Waals surface area contributed by atoms with Crippen molar-refractivity contribution in [2.75, 3.05) is 0 Å². The fourth-order valence-electron chi connectivity index (χ4n) is 0.986. The van der Waals surface area contributed by atoms with Gasteiger partial charge >= 0.3 is 7.12 Å². The van der Waals surface area contributed by atoms with Crippen molar-refractivity contribution < 1.29 is 19.2 Å². The number of halogens is 1. The van der Waals surface area contributed by atoms with E-state index in [1.54, 1.807) is 0 Å². The lowest BCUT2D eigenvalue weighted by Crippen LogP contribution is -2.33. The average Bonchev–Trinajstić information content (AvgIpc) is 2.20. The number of hydrogen-bond donors (Lipinski definition) is 2. The zero-order valence-corrected chi connectivity index (χ0v) is 8.64. The van der Waals surface area contributed by atoms with Crippen molar-refractivity contribution in [2.45, 2.75) is 26.4 Å². The number of rotatable bonds is 4. The van der Waals surface area contributed by atoms with Crippen LogP contribution in [0.1, 0.15) is 20.3 Å². The molecule has 0 saturated carbocycles. The maximum atomic E-state index is 13.0. The highest BCUT2D eigenvalue weighted by molar-refractivity contribution is 6.58. The molecule has 0 aliphatic heterocycles. The molecule has 1 aromatic rings. The molecule has 1 aromatic heterocycles. The summed E-state index contributed by atoms with van der Waals surface area (Å²) in [7, 11) is -1.85. The molecule has 0 spiro atoms. The molecule has 0 fully saturated rings. The van der Waals surface area contributed by atoms with Crippen LogP contribution < -0.4 is 10.2 Å². The van der Waals surface area contributed by atoms with Gasteiger partial charge in [-0.3, -0.25) is 0 Å². The van der Waals surface area contributed by atoms with Crippen molar-refractivity contribution in [3.63, 3.8) is 0 Å². The van der Waals surface area contributed by atoms with E-state index in [1.807, 2.05) is 13.8 Å². The molecule has 1 atom stereocenters. The predicted molar refractivity (Wildman–Crippen MR) is 54.4 cm³/mol. The first-order valence-electron chi connectivity index (χ1n) is 4.72. The fourth-order valence-corrected chi connectivity index (χ4v) is 0.986. The van der Waals surface area contributed by atoms with Crippen LogP contribution in [0.2, 0.25) is 0 Å². The van der Waals surface area contributed by atoms with Crippen LogP contribution in [0.25, 0.3) is 0 Å². The molecule has 0 amide bonds. The highest BCUT2D eigenvalue weighted by Gasteiger charge is 2.18. The number of aromatic nitrogens is 1. The molecule has 6 heteroatoms. The molecule has 82 valence electrons. The van der Waals surface area contributed by atoms with Gasteiger partial charge in [-0.25, -0.2) is 9.37 Å². The van der Waals surface area contributed by atoms with Crippen molar-refractivity contribution in [1.29, 1.82) is 0 Å². The number of pyridine rings is 1. The van der Waals surface area contributed by atoms with Crippen molar-refractivity contribution in [3.8, 4) is 5.88 Å². The van der Waals surface area contributed by atoms with E-state index >= 15 is 0 Å². The average molecular weight is 213 g/mol. The highest BCUT2D eigenvalue weighted by atomic mass is 19.1. The lowest BCUT2D eigenvalue weighted by Gasteiger charge is -2.12. The Labute approximate surface area is 87.9 Å². The lowest BCUT2D eigenvalue weighted by atomic mass is 9.80. The maximum Gasteiger partial charge on any atom is 0.491 e. The summed E-state index contributed by atoms with van der Waals surface area (Å²) in [4.78, 5) is 3.69. The van der Waals surface area contributed by atoms with Crippen LogP contribution in [0.15, 0.2) is 12.3 Å². The number of hydrogen-bond acceptors (Lipinski definition) is 4. The molecule has 0 saturated heterocycles. The minimum absolute atomic E-state index is 0.0494. The van der Waals surface area contributed by atoms with Gasteiger partial charge in [0, 0.05) is 11.5 Å². The normalized spacial score (nSPS) is 12.3. The van der Waals surface area contributed by atoms with Gasteiger partial charge in [0.2, 0.25) is 5.88 Å². The van der Waals surface area contributed by atoms with E-state index in [1.165, 1.54) is 6.07 Å². The molecule has 0 aromatic carbocycles. The Balaban J connectivity index is 2.87. The summed E-state index contributed by atoms with van der Waals surface area (Å²) >= 11 is 0. The molecule has 2 N–H and O–H groups in total. The van der Waals surface area contributed by atoms with Gasteiger partial charge < -0.3 is 14.8 Å². The van der Waals surface area contributed by atoms with E-state index in [4.69, 9.17) is 14.8 Å². The van der Waals surface area contributed by atoms with Crippen LogP contribution in [0.4, 0.5) is 4.39 Å². The Morgan fingerprint density at radius 1 is 1.60 bits per heavy atom. The fraction of sp³-hybridized carbons (Fsp3) is 0.444. The van der Waals surface area contributed by atoms with Gasteiger partial charge in [0.15, 0.2) is 0 Å². The first-order valence-corrected chi connectivity index (χ1v) is 4.72. The molecule has 0 radical (unpaired) electrons. The molecule has 1 rings (SSSR count). The molecule has 0 bridgehead atoms. The second-order valence-corrected chi connectivity index (χ2v) is 3.25.